The maximum atomic E-state index is 13.4. The van der Waals surface area contributed by atoms with E-state index < -0.39 is 11.8 Å². The highest BCUT2D eigenvalue weighted by Crippen LogP contribution is 2.26. The second kappa shape index (κ2) is 14.6. The van der Waals surface area contributed by atoms with Gasteiger partial charge in [0.25, 0.3) is 11.8 Å². The van der Waals surface area contributed by atoms with Gasteiger partial charge in [0.2, 0.25) is 5.91 Å². The smallest absolute Gasteiger partial charge is 0.272 e. The van der Waals surface area contributed by atoms with Crippen LogP contribution in [0.25, 0.3) is 17.2 Å². The van der Waals surface area contributed by atoms with Crippen LogP contribution >= 0.6 is 11.8 Å². The Kier molecular flexibility index (Phi) is 9.97. The Hall–Kier alpha value is -5.47. The topological polar surface area (TPSA) is 100 Å². The Morgan fingerprint density at radius 2 is 1.34 bits per heavy atom. The number of rotatable bonds is 10. The fourth-order valence-corrected chi connectivity index (χ4v) is 5.12. The van der Waals surface area contributed by atoms with Gasteiger partial charge in [-0.3, -0.25) is 14.4 Å². The zero-order valence-electron chi connectivity index (χ0n) is 23.9. The minimum Gasteiger partial charge on any atom is -0.321 e. The first kappa shape index (κ1) is 30.0. The van der Waals surface area contributed by atoms with Gasteiger partial charge in [0, 0.05) is 22.3 Å². The molecule has 1 heterocycles. The lowest BCUT2D eigenvalue weighted by molar-refractivity contribution is -0.115. The molecule has 0 fully saturated rings. The van der Waals surface area contributed by atoms with Crippen molar-refractivity contribution in [2.24, 2.45) is 0 Å². The lowest BCUT2D eigenvalue weighted by Crippen LogP contribution is -2.30. The molecule has 5 aromatic rings. The van der Waals surface area contributed by atoms with E-state index in [9.17, 15) is 14.4 Å². The zero-order valence-corrected chi connectivity index (χ0v) is 24.8. The Labute approximate surface area is 260 Å². The molecule has 0 aliphatic rings. The first-order valence-electron chi connectivity index (χ1n) is 14.0. The number of thioether (sulfide) groups is 1. The summed E-state index contributed by atoms with van der Waals surface area (Å²) in [6.07, 6.45) is 3.27. The van der Waals surface area contributed by atoms with Gasteiger partial charge in [-0.05, 0) is 78.2 Å². The van der Waals surface area contributed by atoms with E-state index in [1.54, 1.807) is 60.8 Å². The third-order valence-electron chi connectivity index (χ3n) is 6.57. The molecule has 0 spiro atoms. The van der Waals surface area contributed by atoms with E-state index in [1.807, 2.05) is 85.8 Å². The van der Waals surface area contributed by atoms with E-state index in [0.717, 1.165) is 21.6 Å². The molecule has 0 saturated heterocycles. The lowest BCUT2D eigenvalue weighted by atomic mass is 10.0. The largest absolute Gasteiger partial charge is 0.321 e. The highest BCUT2D eigenvalue weighted by Gasteiger charge is 2.17. The van der Waals surface area contributed by atoms with Crippen LogP contribution in [0, 0.1) is 0 Å². The molecule has 1 unspecified atom stereocenters. The monoisotopic (exact) mass is 598 g/mol. The summed E-state index contributed by atoms with van der Waals surface area (Å²) in [7, 11) is 0. The molecule has 1 aromatic heterocycles. The Morgan fingerprint density at radius 1 is 0.705 bits per heavy atom. The van der Waals surface area contributed by atoms with Crippen LogP contribution in [-0.2, 0) is 9.59 Å². The quantitative estimate of drug-likeness (QED) is 0.116. The standard InChI is InChI=1S/C36H30N4O3S/c1-25(34(41)40-33-14-8-9-23-37-33)44-31-21-19-30(20-22-31)38-36(43)32(39-35(42)29-12-6-3-7-13-29)24-26-15-17-28(18-16-26)27-10-4-2-5-11-27/h2-25H,1H3,(H,38,43)(H,39,42)(H,37,40,41)/b32-24-. The number of amides is 3. The van der Waals surface area contributed by atoms with E-state index >= 15 is 0 Å². The van der Waals surface area contributed by atoms with Gasteiger partial charge in [0.15, 0.2) is 0 Å². The van der Waals surface area contributed by atoms with E-state index in [1.165, 1.54) is 11.8 Å². The van der Waals surface area contributed by atoms with Crippen molar-refractivity contribution in [1.29, 1.82) is 0 Å². The number of carbonyl (C=O) groups excluding carboxylic acids is 3. The Bertz CT molecular complexity index is 1740. The van der Waals surface area contributed by atoms with Gasteiger partial charge in [-0.1, -0.05) is 78.9 Å². The van der Waals surface area contributed by atoms with E-state index in [-0.39, 0.29) is 16.9 Å². The van der Waals surface area contributed by atoms with Crippen molar-refractivity contribution in [1.82, 2.24) is 10.3 Å². The lowest BCUT2D eigenvalue weighted by Gasteiger charge is -2.13. The molecule has 3 amide bonds. The molecule has 0 radical (unpaired) electrons. The van der Waals surface area contributed by atoms with Crippen LogP contribution in [0.2, 0.25) is 0 Å². The van der Waals surface area contributed by atoms with Crippen molar-refractivity contribution in [3.8, 4) is 11.1 Å². The molecule has 7 nitrogen and oxygen atoms in total. The zero-order chi connectivity index (χ0) is 30.7. The summed E-state index contributed by atoms with van der Waals surface area (Å²) in [5.74, 6) is -0.521. The highest BCUT2D eigenvalue weighted by molar-refractivity contribution is 8.00. The number of carbonyl (C=O) groups is 3. The Balaban J connectivity index is 1.28. The van der Waals surface area contributed by atoms with Crippen LogP contribution in [0.3, 0.4) is 0 Å². The number of anilines is 2. The second-order valence-corrected chi connectivity index (χ2v) is 11.2. The normalized spacial score (nSPS) is 11.7. The molecule has 44 heavy (non-hydrogen) atoms. The van der Waals surface area contributed by atoms with Gasteiger partial charge in [-0.25, -0.2) is 4.98 Å². The van der Waals surface area contributed by atoms with Crippen LogP contribution < -0.4 is 16.0 Å². The molecule has 3 N–H and O–H groups in total. The van der Waals surface area contributed by atoms with Gasteiger partial charge < -0.3 is 16.0 Å². The highest BCUT2D eigenvalue weighted by atomic mass is 32.2. The molecule has 1 atom stereocenters. The van der Waals surface area contributed by atoms with Crippen LogP contribution in [0.1, 0.15) is 22.8 Å². The number of hydrogen-bond acceptors (Lipinski definition) is 5. The van der Waals surface area contributed by atoms with Gasteiger partial charge in [-0.15, -0.1) is 11.8 Å². The first-order valence-corrected chi connectivity index (χ1v) is 14.9. The molecule has 0 aliphatic heterocycles. The van der Waals surface area contributed by atoms with Crippen molar-refractivity contribution in [2.75, 3.05) is 10.6 Å². The molecule has 5 rings (SSSR count). The summed E-state index contributed by atoms with van der Waals surface area (Å²) >= 11 is 1.39. The third-order valence-corrected chi connectivity index (χ3v) is 7.68. The van der Waals surface area contributed by atoms with Crippen LogP contribution in [-0.4, -0.2) is 28.0 Å². The summed E-state index contributed by atoms with van der Waals surface area (Å²) in [4.78, 5) is 44.0. The van der Waals surface area contributed by atoms with Crippen molar-refractivity contribution >= 4 is 47.1 Å². The summed E-state index contributed by atoms with van der Waals surface area (Å²) in [6.45, 7) is 1.82. The molecule has 4 aromatic carbocycles. The van der Waals surface area contributed by atoms with Crippen LogP contribution in [0.5, 0.6) is 0 Å². The number of nitrogens with zero attached hydrogens (tertiary/aromatic N) is 1. The first-order chi connectivity index (χ1) is 21.4. The van der Waals surface area contributed by atoms with Gasteiger partial charge >= 0.3 is 0 Å². The van der Waals surface area contributed by atoms with Crippen LogP contribution in [0.4, 0.5) is 11.5 Å². The predicted molar refractivity (Wildman–Crippen MR) is 177 cm³/mol. The predicted octanol–water partition coefficient (Wildman–Crippen LogP) is 7.28. The molecular formula is C36H30N4O3S. The van der Waals surface area contributed by atoms with E-state index in [4.69, 9.17) is 0 Å². The molecule has 218 valence electrons. The fraction of sp³-hybridized carbons (Fsp3) is 0.0556. The number of benzene rings is 4. The van der Waals surface area contributed by atoms with Crippen molar-refractivity contribution in [3.05, 3.63) is 150 Å². The van der Waals surface area contributed by atoms with Gasteiger partial charge in [-0.2, -0.15) is 0 Å². The number of aromatic nitrogens is 1. The summed E-state index contributed by atoms with van der Waals surface area (Å²) in [5, 5.41) is 8.08. The third kappa shape index (κ3) is 8.30. The van der Waals surface area contributed by atoms with Gasteiger partial charge in [0.1, 0.15) is 11.5 Å². The molecular weight excluding hydrogens is 568 g/mol. The average molecular weight is 599 g/mol. The fourth-order valence-electron chi connectivity index (χ4n) is 4.25. The SMILES string of the molecule is CC(Sc1ccc(NC(=O)/C(=C/c2ccc(-c3ccccc3)cc2)NC(=O)c2ccccc2)cc1)C(=O)Nc1ccccn1. The summed E-state index contributed by atoms with van der Waals surface area (Å²) in [5.41, 5.74) is 3.97. The van der Waals surface area contributed by atoms with E-state index in [0.29, 0.717) is 17.1 Å². The van der Waals surface area contributed by atoms with E-state index in [2.05, 4.69) is 20.9 Å². The summed E-state index contributed by atoms with van der Waals surface area (Å²) in [6, 6.07) is 39.0. The minimum absolute atomic E-state index is 0.101. The maximum Gasteiger partial charge on any atom is 0.272 e. The molecule has 0 aliphatic carbocycles. The van der Waals surface area contributed by atoms with Crippen molar-refractivity contribution in [2.45, 2.75) is 17.1 Å². The molecule has 0 bridgehead atoms. The maximum absolute atomic E-state index is 13.4. The summed E-state index contributed by atoms with van der Waals surface area (Å²) < 4.78 is 0. The minimum atomic E-state index is -0.468. The Morgan fingerprint density at radius 3 is 2.00 bits per heavy atom. The molecule has 8 heteroatoms. The van der Waals surface area contributed by atoms with Crippen molar-refractivity contribution in [3.63, 3.8) is 0 Å². The number of hydrogen-bond donors (Lipinski definition) is 3. The van der Waals surface area contributed by atoms with Gasteiger partial charge in [0.05, 0.1) is 5.25 Å². The molecule has 0 saturated carbocycles. The second-order valence-electron chi connectivity index (χ2n) is 9.81. The number of pyridine rings is 1. The van der Waals surface area contributed by atoms with Crippen LogP contribution in [0.15, 0.2) is 144 Å². The number of nitrogens with one attached hydrogen (secondary N) is 3. The average Bonchev–Trinajstić information content (AvgIpc) is 3.07. The van der Waals surface area contributed by atoms with Crippen molar-refractivity contribution < 1.29 is 14.4 Å².